The quantitative estimate of drug-likeness (QED) is 0.126. The molecule has 252 valence electrons. The number of nitrogens with zero attached hydrogens (tertiary/aromatic N) is 9. The van der Waals surface area contributed by atoms with Gasteiger partial charge >= 0.3 is 6.03 Å². The Hall–Kier alpha value is -6.15. The smallest absolute Gasteiger partial charge is 0.322 e. The number of amides is 2. The van der Waals surface area contributed by atoms with Crippen LogP contribution in [0, 0.1) is 11.3 Å². The van der Waals surface area contributed by atoms with Gasteiger partial charge in [-0.2, -0.15) is 10.4 Å². The van der Waals surface area contributed by atoms with Gasteiger partial charge in [0.25, 0.3) is 0 Å². The summed E-state index contributed by atoms with van der Waals surface area (Å²) in [6.07, 6.45) is 11.2. The molecule has 0 saturated carbocycles. The van der Waals surface area contributed by atoms with Gasteiger partial charge in [0, 0.05) is 55.9 Å². The first-order chi connectivity index (χ1) is 24.4. The lowest BCUT2D eigenvalue weighted by molar-refractivity contribution is 0.246. The minimum Gasteiger partial charge on any atom is -0.334 e. The molecule has 0 radical (unpaired) electrons. The zero-order valence-electron chi connectivity index (χ0n) is 28.6. The van der Waals surface area contributed by atoms with Crippen molar-refractivity contribution >= 4 is 34.4 Å². The first-order valence-corrected chi connectivity index (χ1v) is 16.8. The zero-order valence-corrected chi connectivity index (χ0v) is 28.6. The fraction of sp³-hybridized carbons (Fsp3) is 0.256. The number of aromatic nitrogens is 6. The van der Waals surface area contributed by atoms with E-state index in [0.717, 1.165) is 63.9 Å². The maximum absolute atomic E-state index is 13.6. The molecule has 11 nitrogen and oxygen atoms in total. The summed E-state index contributed by atoms with van der Waals surface area (Å²) in [5.74, 6) is 0.315. The molecule has 0 atom stereocenters. The fourth-order valence-electron chi connectivity index (χ4n) is 5.83. The molecular formula is C39H40N10O. The molecule has 0 aliphatic carbocycles. The van der Waals surface area contributed by atoms with Crippen molar-refractivity contribution in [3.05, 3.63) is 109 Å². The summed E-state index contributed by atoms with van der Waals surface area (Å²) in [6, 6.07) is 25.8. The number of nitriles is 1. The molecule has 0 saturated heterocycles. The predicted molar refractivity (Wildman–Crippen MR) is 197 cm³/mol. The molecule has 3 heterocycles. The second-order valence-electron chi connectivity index (χ2n) is 12.2. The van der Waals surface area contributed by atoms with E-state index in [0.29, 0.717) is 43.1 Å². The summed E-state index contributed by atoms with van der Waals surface area (Å²) in [4.78, 5) is 34.0. The number of benzene rings is 3. The van der Waals surface area contributed by atoms with Crippen molar-refractivity contribution in [2.45, 2.75) is 45.6 Å². The number of hydrogen-bond acceptors (Lipinski definition) is 7. The minimum atomic E-state index is -0.167. The number of carbonyl (C=O) groups excluding carboxylic acids is 1. The number of carbonyl (C=O) groups is 1. The van der Waals surface area contributed by atoms with Gasteiger partial charge in [0.15, 0.2) is 0 Å². The lowest BCUT2D eigenvalue weighted by Gasteiger charge is -2.24. The Kier molecular flexibility index (Phi) is 10.7. The van der Waals surface area contributed by atoms with Crippen molar-refractivity contribution in [1.29, 1.82) is 5.26 Å². The summed E-state index contributed by atoms with van der Waals surface area (Å²) in [5.41, 5.74) is 8.35. The highest BCUT2D eigenvalue weighted by Crippen LogP contribution is 2.27. The Labute approximate surface area is 292 Å². The largest absolute Gasteiger partial charge is 0.334 e. The number of aryl methyl sites for hydroxylation is 2. The van der Waals surface area contributed by atoms with Crippen LogP contribution >= 0.6 is 0 Å². The molecule has 0 bridgehead atoms. The van der Waals surface area contributed by atoms with Crippen molar-refractivity contribution in [2.24, 2.45) is 19.1 Å². The topological polar surface area (TPSA) is 130 Å². The Bertz CT molecular complexity index is 2140. The molecule has 3 aromatic heterocycles. The molecule has 0 fully saturated rings. The Morgan fingerprint density at radius 3 is 2.46 bits per heavy atom. The second-order valence-corrected chi connectivity index (χ2v) is 12.2. The van der Waals surface area contributed by atoms with Gasteiger partial charge in [0.2, 0.25) is 5.95 Å². The summed E-state index contributed by atoms with van der Waals surface area (Å²) in [7, 11) is 3.84. The van der Waals surface area contributed by atoms with E-state index in [-0.39, 0.29) is 6.03 Å². The van der Waals surface area contributed by atoms with Crippen molar-refractivity contribution < 1.29 is 4.79 Å². The number of rotatable bonds is 13. The van der Waals surface area contributed by atoms with E-state index < -0.39 is 0 Å². The molecule has 0 aliphatic rings. The summed E-state index contributed by atoms with van der Waals surface area (Å²) in [5, 5.41) is 17.2. The number of unbranched alkanes of at least 4 members (excludes halogenated alkanes) is 1. The molecule has 6 rings (SSSR count). The Morgan fingerprint density at radius 2 is 1.72 bits per heavy atom. The number of urea groups is 1. The van der Waals surface area contributed by atoms with Gasteiger partial charge in [-0.05, 0) is 61.1 Å². The average molecular weight is 665 g/mol. The van der Waals surface area contributed by atoms with Crippen LogP contribution in [0.4, 0.5) is 16.4 Å². The van der Waals surface area contributed by atoms with Crippen LogP contribution in [-0.2, 0) is 20.6 Å². The highest BCUT2D eigenvalue weighted by atomic mass is 16.2. The predicted octanol–water partition coefficient (Wildman–Crippen LogP) is 7.76. The number of aliphatic imine (C=N–C) groups is 1. The molecule has 2 amide bonds. The first-order valence-electron chi connectivity index (χ1n) is 16.8. The van der Waals surface area contributed by atoms with Crippen molar-refractivity contribution in [1.82, 2.24) is 34.6 Å². The van der Waals surface area contributed by atoms with Crippen LogP contribution in [0.3, 0.4) is 0 Å². The Balaban J connectivity index is 1.22. The molecular weight excluding hydrogens is 624 g/mol. The molecule has 0 unspecified atom stereocenters. The van der Waals surface area contributed by atoms with E-state index in [1.165, 1.54) is 6.20 Å². The SMILES string of the molecule is CCCC/C(CCCN(C(=O)NCc1ccccc1)c1ccc(-c2cnn(C)c2)cc1)=N/c1ncc(C#N)c(-c2ccc3c(c2)ncn3C)n1. The highest BCUT2D eigenvalue weighted by molar-refractivity contribution is 5.92. The van der Waals surface area contributed by atoms with Crippen LogP contribution < -0.4 is 10.2 Å². The third kappa shape index (κ3) is 8.10. The van der Waals surface area contributed by atoms with Crippen LogP contribution in [0.2, 0.25) is 0 Å². The molecule has 50 heavy (non-hydrogen) atoms. The van der Waals surface area contributed by atoms with E-state index in [1.807, 2.05) is 104 Å². The Morgan fingerprint density at radius 1 is 0.940 bits per heavy atom. The van der Waals surface area contributed by atoms with E-state index in [2.05, 4.69) is 33.4 Å². The number of nitrogens with one attached hydrogen (secondary N) is 1. The lowest BCUT2D eigenvalue weighted by Crippen LogP contribution is -2.40. The third-order valence-corrected chi connectivity index (χ3v) is 8.57. The average Bonchev–Trinajstić information content (AvgIpc) is 3.76. The van der Waals surface area contributed by atoms with Gasteiger partial charge in [-0.1, -0.05) is 61.9 Å². The summed E-state index contributed by atoms with van der Waals surface area (Å²) >= 11 is 0. The molecule has 6 aromatic rings. The maximum Gasteiger partial charge on any atom is 0.322 e. The fourth-order valence-corrected chi connectivity index (χ4v) is 5.83. The van der Waals surface area contributed by atoms with E-state index in [9.17, 15) is 10.1 Å². The second kappa shape index (κ2) is 15.8. The normalized spacial score (nSPS) is 11.4. The van der Waals surface area contributed by atoms with Crippen molar-refractivity contribution in [2.75, 3.05) is 11.4 Å². The number of anilines is 1. The van der Waals surface area contributed by atoms with Gasteiger partial charge in [-0.3, -0.25) is 9.58 Å². The number of fused-ring (bicyclic) bond motifs is 1. The van der Waals surface area contributed by atoms with E-state index in [1.54, 1.807) is 15.9 Å². The summed E-state index contributed by atoms with van der Waals surface area (Å²) < 4.78 is 3.72. The molecule has 3 aromatic carbocycles. The maximum atomic E-state index is 13.6. The van der Waals surface area contributed by atoms with Gasteiger partial charge in [-0.15, -0.1) is 0 Å². The first kappa shape index (κ1) is 33.7. The van der Waals surface area contributed by atoms with Crippen molar-refractivity contribution in [3.8, 4) is 28.5 Å². The number of hydrogen-bond donors (Lipinski definition) is 1. The van der Waals surface area contributed by atoms with Gasteiger partial charge in [0.1, 0.15) is 6.07 Å². The van der Waals surface area contributed by atoms with Crippen LogP contribution in [0.1, 0.15) is 50.2 Å². The minimum absolute atomic E-state index is 0.167. The monoisotopic (exact) mass is 664 g/mol. The van der Waals surface area contributed by atoms with Crippen LogP contribution in [0.25, 0.3) is 33.4 Å². The van der Waals surface area contributed by atoms with Crippen molar-refractivity contribution in [3.63, 3.8) is 0 Å². The zero-order chi connectivity index (χ0) is 34.9. The molecule has 11 heteroatoms. The van der Waals surface area contributed by atoms with Crippen LogP contribution in [-0.4, -0.2) is 47.6 Å². The highest BCUT2D eigenvalue weighted by Gasteiger charge is 2.17. The number of imidazole rings is 1. The van der Waals surface area contributed by atoms with Crippen LogP contribution in [0.5, 0.6) is 0 Å². The third-order valence-electron chi connectivity index (χ3n) is 8.57. The van der Waals surface area contributed by atoms with Gasteiger partial charge in [-0.25, -0.2) is 24.7 Å². The summed E-state index contributed by atoms with van der Waals surface area (Å²) in [6.45, 7) is 3.07. The van der Waals surface area contributed by atoms with E-state index in [4.69, 9.17) is 9.98 Å². The van der Waals surface area contributed by atoms with Crippen LogP contribution in [0.15, 0.2) is 103 Å². The molecule has 0 spiro atoms. The molecule has 1 N–H and O–H groups in total. The molecule has 0 aliphatic heterocycles. The lowest BCUT2D eigenvalue weighted by atomic mass is 10.1. The van der Waals surface area contributed by atoms with E-state index >= 15 is 0 Å². The standard InChI is InChI=1S/C39H40N10O/c1-4-5-12-33(45-38-41-24-31(22-40)37(46-38)30-16-19-36-35(21-30)43-27-47(36)2)13-9-20-49(39(50)42-23-28-10-7-6-8-11-28)34-17-14-29(15-18-34)32-25-44-48(3)26-32/h6-8,10-11,14-19,21,24-27H,4-5,9,12-13,20,23H2,1-3H3,(H,42,50)/b45-33-. The van der Waals surface area contributed by atoms with Gasteiger partial charge in [0.05, 0.1) is 41.0 Å². The van der Waals surface area contributed by atoms with Gasteiger partial charge < -0.3 is 9.88 Å².